The second kappa shape index (κ2) is 10.3. The van der Waals surface area contributed by atoms with Crippen molar-refractivity contribution in [1.82, 2.24) is 34.8 Å². The first kappa shape index (κ1) is 25.6. The maximum Gasteiger partial charge on any atom is 0.234 e. The molecule has 4 aromatic rings. The van der Waals surface area contributed by atoms with Crippen LogP contribution in [0.3, 0.4) is 0 Å². The Bertz CT molecular complexity index is 1380. The summed E-state index contributed by atoms with van der Waals surface area (Å²) in [6.07, 6.45) is 4.44. The van der Waals surface area contributed by atoms with Crippen LogP contribution in [0.5, 0.6) is 0 Å². The molecular weight excluding hydrogens is 452 g/mol. The lowest BCUT2D eigenvalue weighted by atomic mass is 9.95. The molecule has 0 bridgehead atoms. The van der Waals surface area contributed by atoms with Crippen molar-refractivity contribution in [2.75, 3.05) is 26.0 Å². The van der Waals surface area contributed by atoms with Gasteiger partial charge >= 0.3 is 0 Å². The van der Waals surface area contributed by atoms with Crippen molar-refractivity contribution in [2.24, 2.45) is 0 Å². The van der Waals surface area contributed by atoms with Crippen molar-refractivity contribution >= 4 is 28.4 Å². The van der Waals surface area contributed by atoms with E-state index in [1.807, 2.05) is 36.5 Å². The molecule has 0 saturated carbocycles. The molecule has 36 heavy (non-hydrogen) atoms. The number of nitrogens with one attached hydrogen (secondary N) is 3. The highest BCUT2D eigenvalue weighted by Gasteiger charge is 2.21. The second-order valence-corrected chi connectivity index (χ2v) is 10.5. The van der Waals surface area contributed by atoms with E-state index in [9.17, 15) is 4.79 Å². The molecule has 4 rings (SSSR count). The van der Waals surface area contributed by atoms with Crippen LogP contribution in [0.1, 0.15) is 56.7 Å². The highest BCUT2D eigenvalue weighted by Crippen LogP contribution is 2.37. The first-order valence-corrected chi connectivity index (χ1v) is 12.6. The van der Waals surface area contributed by atoms with Crippen LogP contribution in [-0.2, 0) is 4.79 Å². The summed E-state index contributed by atoms with van der Waals surface area (Å²) in [4.78, 5) is 27.0. The van der Waals surface area contributed by atoms with E-state index in [1.165, 1.54) is 11.1 Å². The summed E-state index contributed by atoms with van der Waals surface area (Å²) in [6.45, 7) is 13.2. The summed E-state index contributed by atoms with van der Waals surface area (Å²) < 4.78 is 1.84. The normalized spacial score (nSPS) is 13.6. The van der Waals surface area contributed by atoms with Gasteiger partial charge in [0, 0.05) is 29.4 Å². The third kappa shape index (κ3) is 5.21. The first-order chi connectivity index (χ1) is 17.0. The number of aromatic amines is 1. The summed E-state index contributed by atoms with van der Waals surface area (Å²) in [5.74, 6) is 1.14. The van der Waals surface area contributed by atoms with Crippen LogP contribution in [0.4, 0.5) is 5.82 Å². The number of pyridine rings is 2. The summed E-state index contributed by atoms with van der Waals surface area (Å²) >= 11 is 0. The number of likely N-dealkylation sites (N-methyl/N-ethyl adjacent to an activating group) is 1. The average Bonchev–Trinajstić information content (AvgIpc) is 3.39. The van der Waals surface area contributed by atoms with Crippen molar-refractivity contribution in [1.29, 1.82) is 0 Å². The van der Waals surface area contributed by atoms with Gasteiger partial charge in [-0.2, -0.15) is 5.10 Å². The van der Waals surface area contributed by atoms with Crippen LogP contribution in [0.2, 0.25) is 0 Å². The van der Waals surface area contributed by atoms with E-state index in [0.717, 1.165) is 45.7 Å². The number of H-pyrrole nitrogens is 1. The summed E-state index contributed by atoms with van der Waals surface area (Å²) in [7, 11) is 3.78. The van der Waals surface area contributed by atoms with Gasteiger partial charge in [-0.25, -0.2) is 14.5 Å². The van der Waals surface area contributed by atoms with Crippen molar-refractivity contribution in [3.05, 3.63) is 41.3 Å². The zero-order valence-electron chi connectivity index (χ0n) is 22.6. The molecule has 1 amide bonds. The summed E-state index contributed by atoms with van der Waals surface area (Å²) in [6, 6.07) is 4.31. The van der Waals surface area contributed by atoms with Crippen LogP contribution in [0.25, 0.3) is 27.9 Å². The van der Waals surface area contributed by atoms with Crippen molar-refractivity contribution in [3.63, 3.8) is 0 Å². The van der Waals surface area contributed by atoms with E-state index in [1.54, 1.807) is 6.33 Å². The largest absolute Gasteiger partial charge is 0.368 e. The van der Waals surface area contributed by atoms with Crippen LogP contribution in [0, 0.1) is 13.8 Å². The molecule has 9 heteroatoms. The van der Waals surface area contributed by atoms with E-state index < -0.39 is 0 Å². The fraction of sp³-hybridized carbons (Fsp3) is 0.481. The number of carbonyl (C=O) groups excluding carboxylic acids is 1. The Morgan fingerprint density at radius 1 is 1.11 bits per heavy atom. The van der Waals surface area contributed by atoms with Gasteiger partial charge in [-0.05, 0) is 77.4 Å². The molecule has 2 atom stereocenters. The number of fused-ring (bicyclic) bond motifs is 2. The van der Waals surface area contributed by atoms with Gasteiger partial charge in [-0.3, -0.25) is 4.79 Å². The molecule has 0 fully saturated rings. The predicted octanol–water partition coefficient (Wildman–Crippen LogP) is 4.27. The maximum absolute atomic E-state index is 12.1. The SMILES string of the molecule is Cc1c(-c2[nH]c3ccc(N[C@@H](C)C[C@H](C)NC(=O)CN(C)C)nc3c2C(C)C)cn2ncnc2c1C. The summed E-state index contributed by atoms with van der Waals surface area (Å²) in [5, 5.41) is 11.0. The molecule has 0 saturated heterocycles. The van der Waals surface area contributed by atoms with E-state index in [2.05, 4.69) is 72.6 Å². The van der Waals surface area contributed by atoms with Gasteiger partial charge in [-0.15, -0.1) is 0 Å². The number of amides is 1. The van der Waals surface area contributed by atoms with Gasteiger partial charge in [0.15, 0.2) is 5.65 Å². The Morgan fingerprint density at radius 2 is 1.86 bits per heavy atom. The van der Waals surface area contributed by atoms with Crippen molar-refractivity contribution in [3.8, 4) is 11.3 Å². The molecule has 9 nitrogen and oxygen atoms in total. The van der Waals surface area contributed by atoms with Gasteiger partial charge in [0.2, 0.25) is 5.91 Å². The number of rotatable bonds is 9. The molecule has 0 aliphatic carbocycles. The molecule has 4 aromatic heterocycles. The number of carbonyl (C=O) groups is 1. The number of nitrogens with zero attached hydrogens (tertiary/aromatic N) is 5. The fourth-order valence-corrected chi connectivity index (χ4v) is 4.90. The highest BCUT2D eigenvalue weighted by molar-refractivity contribution is 5.90. The second-order valence-electron chi connectivity index (χ2n) is 10.5. The number of anilines is 1. The topological polar surface area (TPSA) is 103 Å². The minimum absolute atomic E-state index is 0.0373. The Balaban J connectivity index is 1.61. The molecule has 0 spiro atoms. The average molecular weight is 491 g/mol. The maximum atomic E-state index is 12.1. The molecule has 0 unspecified atom stereocenters. The van der Waals surface area contributed by atoms with Crippen LogP contribution in [0.15, 0.2) is 24.7 Å². The van der Waals surface area contributed by atoms with Gasteiger partial charge in [0.25, 0.3) is 0 Å². The van der Waals surface area contributed by atoms with E-state index in [4.69, 9.17) is 4.98 Å². The van der Waals surface area contributed by atoms with E-state index in [0.29, 0.717) is 6.54 Å². The Hall–Kier alpha value is -3.46. The van der Waals surface area contributed by atoms with Crippen LogP contribution >= 0.6 is 0 Å². The lowest BCUT2D eigenvalue weighted by Crippen LogP contribution is -2.40. The highest BCUT2D eigenvalue weighted by atomic mass is 16.2. The molecular formula is C27H38N8O. The molecule has 4 heterocycles. The third-order valence-corrected chi connectivity index (χ3v) is 6.62. The molecule has 0 aliphatic heterocycles. The quantitative estimate of drug-likeness (QED) is 0.324. The number of hydrogen-bond acceptors (Lipinski definition) is 6. The lowest BCUT2D eigenvalue weighted by Gasteiger charge is -2.21. The molecule has 3 N–H and O–H groups in total. The fourth-order valence-electron chi connectivity index (χ4n) is 4.90. The molecule has 192 valence electrons. The van der Waals surface area contributed by atoms with Gasteiger partial charge < -0.3 is 20.5 Å². The first-order valence-electron chi connectivity index (χ1n) is 12.6. The van der Waals surface area contributed by atoms with Crippen molar-refractivity contribution in [2.45, 2.75) is 66.0 Å². The molecule has 0 aliphatic rings. The van der Waals surface area contributed by atoms with E-state index >= 15 is 0 Å². The van der Waals surface area contributed by atoms with Crippen LogP contribution in [-0.4, -0.2) is 68.1 Å². The minimum Gasteiger partial charge on any atom is -0.368 e. The predicted molar refractivity (Wildman–Crippen MR) is 145 cm³/mol. The molecule has 0 radical (unpaired) electrons. The Morgan fingerprint density at radius 3 is 2.56 bits per heavy atom. The minimum atomic E-state index is 0.0373. The van der Waals surface area contributed by atoms with Crippen LogP contribution < -0.4 is 10.6 Å². The summed E-state index contributed by atoms with van der Waals surface area (Å²) in [5.41, 5.74) is 8.53. The smallest absolute Gasteiger partial charge is 0.234 e. The van der Waals surface area contributed by atoms with Gasteiger partial charge in [0.1, 0.15) is 12.1 Å². The van der Waals surface area contributed by atoms with Gasteiger partial charge in [-0.1, -0.05) is 13.8 Å². The third-order valence-electron chi connectivity index (χ3n) is 6.62. The lowest BCUT2D eigenvalue weighted by molar-refractivity contribution is -0.122. The Labute approximate surface area is 212 Å². The standard InChI is InChI=1S/C27H38N8O/c1-15(2)24-25(20-12-35-27(28-14-29-35)19(6)18(20)5)32-21-9-10-22(33-26(21)24)30-16(3)11-17(4)31-23(36)13-34(7)8/h9-10,12,14-17,32H,11,13H2,1-8H3,(H,30,33)(H,31,36)/t16-,17-/m0/s1. The molecule has 0 aromatic carbocycles. The number of aryl methyl sites for hydroxylation is 1. The Kier molecular flexibility index (Phi) is 7.31. The zero-order valence-corrected chi connectivity index (χ0v) is 22.6. The monoisotopic (exact) mass is 490 g/mol. The van der Waals surface area contributed by atoms with E-state index in [-0.39, 0.29) is 23.9 Å². The number of aromatic nitrogens is 5. The van der Waals surface area contributed by atoms with Gasteiger partial charge in [0.05, 0.1) is 23.3 Å². The zero-order chi connectivity index (χ0) is 26.1. The van der Waals surface area contributed by atoms with Crippen molar-refractivity contribution < 1.29 is 4.79 Å². The number of hydrogen-bond donors (Lipinski definition) is 3.